The second kappa shape index (κ2) is 10.4. The van der Waals surface area contributed by atoms with Crippen LogP contribution in [-0.4, -0.2) is 27.0 Å². The van der Waals surface area contributed by atoms with Gasteiger partial charge in [-0.1, -0.05) is 47.5 Å². The van der Waals surface area contributed by atoms with Gasteiger partial charge >= 0.3 is 0 Å². The lowest BCUT2D eigenvalue weighted by Crippen LogP contribution is -2.12. The van der Waals surface area contributed by atoms with Gasteiger partial charge in [0.1, 0.15) is 0 Å². The molecule has 0 spiro atoms. The van der Waals surface area contributed by atoms with Crippen LogP contribution in [0.1, 0.15) is 11.1 Å². The van der Waals surface area contributed by atoms with Gasteiger partial charge in [-0.2, -0.15) is 0 Å². The van der Waals surface area contributed by atoms with E-state index in [1.807, 2.05) is 13.8 Å². The molecule has 198 valence electrons. The molecule has 0 aliphatic rings. The highest BCUT2D eigenvalue weighted by Gasteiger charge is 2.17. The van der Waals surface area contributed by atoms with E-state index in [9.17, 15) is 16.8 Å². The Morgan fingerprint density at radius 3 is 1.33 bits per heavy atom. The van der Waals surface area contributed by atoms with Crippen molar-refractivity contribution in [2.75, 3.05) is 9.44 Å². The van der Waals surface area contributed by atoms with E-state index in [4.69, 9.17) is 4.42 Å². The van der Waals surface area contributed by atoms with Crippen LogP contribution >= 0.6 is 0 Å². The number of rotatable bonds is 8. The molecule has 5 rings (SSSR count). The molecule has 0 saturated carbocycles. The lowest BCUT2D eigenvalue weighted by Gasteiger charge is -2.09. The Labute approximate surface area is 226 Å². The van der Waals surface area contributed by atoms with Crippen molar-refractivity contribution in [3.8, 4) is 22.9 Å². The topological polar surface area (TPSA) is 131 Å². The van der Waals surface area contributed by atoms with Gasteiger partial charge in [-0.3, -0.25) is 9.44 Å². The molecular weight excluding hydrogens is 536 g/mol. The maximum Gasteiger partial charge on any atom is 0.261 e. The van der Waals surface area contributed by atoms with Crippen LogP contribution in [0.4, 0.5) is 11.4 Å². The summed E-state index contributed by atoms with van der Waals surface area (Å²) in [5, 5.41) is 8.19. The van der Waals surface area contributed by atoms with Gasteiger partial charge in [0.05, 0.1) is 9.79 Å². The van der Waals surface area contributed by atoms with E-state index in [0.717, 1.165) is 11.1 Å². The molecular formula is C28H24N4O5S2. The second-order valence-electron chi connectivity index (χ2n) is 8.91. The highest BCUT2D eigenvalue weighted by molar-refractivity contribution is 7.93. The van der Waals surface area contributed by atoms with E-state index in [-0.39, 0.29) is 21.6 Å². The number of sulfonamides is 2. The molecule has 2 N–H and O–H groups in total. The molecule has 5 aromatic rings. The summed E-state index contributed by atoms with van der Waals surface area (Å²) in [6.07, 6.45) is 0. The average Bonchev–Trinajstić information content (AvgIpc) is 3.40. The van der Waals surface area contributed by atoms with Crippen molar-refractivity contribution < 1.29 is 21.3 Å². The molecule has 0 unspecified atom stereocenters. The standard InChI is InChI=1S/C28H24N4O5S2/c1-19-9-13-25(14-10-19)38(33,34)31-23-7-3-5-21(17-23)27-29-30-28(37-27)22-6-4-8-24(18-22)32-39(35,36)26-15-11-20(2)12-16-26/h3-18,31-32H,1-2H3. The summed E-state index contributed by atoms with van der Waals surface area (Å²) in [5.74, 6) is 0.346. The summed E-state index contributed by atoms with van der Waals surface area (Å²) >= 11 is 0. The van der Waals surface area contributed by atoms with Gasteiger partial charge in [-0.05, 0) is 74.5 Å². The van der Waals surface area contributed by atoms with E-state index < -0.39 is 20.0 Å². The Hall–Kier alpha value is -4.48. The van der Waals surface area contributed by atoms with Crippen LogP contribution in [0.5, 0.6) is 0 Å². The van der Waals surface area contributed by atoms with Gasteiger partial charge in [0.15, 0.2) is 0 Å². The first-order chi connectivity index (χ1) is 18.6. The Morgan fingerprint density at radius 1 is 0.564 bits per heavy atom. The van der Waals surface area contributed by atoms with Crippen LogP contribution < -0.4 is 9.44 Å². The maximum absolute atomic E-state index is 12.8. The van der Waals surface area contributed by atoms with Crippen LogP contribution in [-0.2, 0) is 20.0 Å². The average molecular weight is 561 g/mol. The van der Waals surface area contributed by atoms with Crippen molar-refractivity contribution in [3.63, 3.8) is 0 Å². The van der Waals surface area contributed by atoms with Gasteiger partial charge in [0.2, 0.25) is 11.8 Å². The van der Waals surface area contributed by atoms with Crippen molar-refractivity contribution >= 4 is 31.4 Å². The number of hydrogen-bond acceptors (Lipinski definition) is 7. The predicted octanol–water partition coefficient (Wildman–Crippen LogP) is 5.62. The molecule has 9 nitrogen and oxygen atoms in total. The summed E-state index contributed by atoms with van der Waals surface area (Å²) in [4.78, 5) is 0.299. The minimum Gasteiger partial charge on any atom is -0.416 e. The summed E-state index contributed by atoms with van der Waals surface area (Å²) in [6.45, 7) is 3.76. The zero-order valence-electron chi connectivity index (χ0n) is 21.0. The summed E-state index contributed by atoms with van der Waals surface area (Å²) in [6, 6.07) is 26.3. The minimum atomic E-state index is -3.78. The number of aromatic nitrogens is 2. The molecule has 1 heterocycles. The van der Waals surface area contributed by atoms with Crippen molar-refractivity contribution in [3.05, 3.63) is 108 Å². The van der Waals surface area contributed by atoms with Crippen molar-refractivity contribution in [2.45, 2.75) is 23.6 Å². The number of benzene rings is 4. The molecule has 0 fully saturated rings. The predicted molar refractivity (Wildman–Crippen MR) is 149 cm³/mol. The summed E-state index contributed by atoms with van der Waals surface area (Å²) in [7, 11) is -7.56. The third-order valence-corrected chi connectivity index (χ3v) is 8.61. The van der Waals surface area contributed by atoms with Crippen LogP contribution in [0.15, 0.2) is 111 Å². The van der Waals surface area contributed by atoms with E-state index >= 15 is 0 Å². The van der Waals surface area contributed by atoms with Gasteiger partial charge < -0.3 is 4.42 Å². The fraction of sp³-hybridized carbons (Fsp3) is 0.0714. The maximum atomic E-state index is 12.8. The fourth-order valence-electron chi connectivity index (χ4n) is 3.75. The van der Waals surface area contributed by atoms with Gasteiger partial charge in [-0.25, -0.2) is 16.8 Å². The Balaban J connectivity index is 1.35. The molecule has 0 bridgehead atoms. The minimum absolute atomic E-state index is 0.150. The number of nitrogens with zero attached hydrogens (tertiary/aromatic N) is 2. The van der Waals surface area contributed by atoms with Crippen molar-refractivity contribution in [1.82, 2.24) is 10.2 Å². The highest BCUT2D eigenvalue weighted by atomic mass is 32.2. The highest BCUT2D eigenvalue weighted by Crippen LogP contribution is 2.28. The van der Waals surface area contributed by atoms with Crippen molar-refractivity contribution in [1.29, 1.82) is 0 Å². The first-order valence-electron chi connectivity index (χ1n) is 11.8. The zero-order chi connectivity index (χ0) is 27.6. The first kappa shape index (κ1) is 26.1. The van der Waals surface area contributed by atoms with E-state index in [0.29, 0.717) is 22.5 Å². The summed E-state index contributed by atoms with van der Waals surface area (Å²) in [5.41, 5.74) is 3.60. The number of hydrogen-bond donors (Lipinski definition) is 2. The molecule has 0 saturated heterocycles. The second-order valence-corrected chi connectivity index (χ2v) is 12.3. The van der Waals surface area contributed by atoms with Crippen LogP contribution in [0, 0.1) is 13.8 Å². The molecule has 4 aromatic carbocycles. The smallest absolute Gasteiger partial charge is 0.261 e. The lowest BCUT2D eigenvalue weighted by atomic mass is 10.2. The molecule has 0 amide bonds. The molecule has 0 radical (unpaired) electrons. The van der Waals surface area contributed by atoms with Crippen molar-refractivity contribution in [2.24, 2.45) is 0 Å². The molecule has 0 aliphatic heterocycles. The fourth-order valence-corrected chi connectivity index (χ4v) is 5.85. The third kappa shape index (κ3) is 6.00. The summed E-state index contributed by atoms with van der Waals surface area (Å²) < 4.78 is 62.1. The molecule has 39 heavy (non-hydrogen) atoms. The van der Waals surface area contributed by atoms with E-state index in [2.05, 4.69) is 19.6 Å². The van der Waals surface area contributed by atoms with Crippen LogP contribution in [0.2, 0.25) is 0 Å². The number of aryl methyl sites for hydroxylation is 2. The quantitative estimate of drug-likeness (QED) is 0.252. The first-order valence-corrected chi connectivity index (χ1v) is 14.8. The van der Waals surface area contributed by atoms with E-state index in [1.54, 1.807) is 97.1 Å². The Bertz CT molecular complexity index is 1710. The molecule has 11 heteroatoms. The van der Waals surface area contributed by atoms with Gasteiger partial charge in [0, 0.05) is 22.5 Å². The third-order valence-electron chi connectivity index (χ3n) is 5.81. The monoisotopic (exact) mass is 560 g/mol. The van der Waals surface area contributed by atoms with Gasteiger partial charge in [0.25, 0.3) is 20.0 Å². The van der Waals surface area contributed by atoms with E-state index in [1.165, 1.54) is 0 Å². The van der Waals surface area contributed by atoms with Gasteiger partial charge in [-0.15, -0.1) is 10.2 Å². The van der Waals surface area contributed by atoms with Crippen LogP contribution in [0.3, 0.4) is 0 Å². The zero-order valence-corrected chi connectivity index (χ0v) is 22.6. The van der Waals surface area contributed by atoms with Crippen LogP contribution in [0.25, 0.3) is 22.9 Å². The number of anilines is 2. The normalized spacial score (nSPS) is 11.7. The molecule has 0 atom stereocenters. The Morgan fingerprint density at radius 2 is 0.949 bits per heavy atom. The SMILES string of the molecule is Cc1ccc(S(=O)(=O)Nc2cccc(-c3nnc(-c4cccc(NS(=O)(=O)c5ccc(C)cc5)c4)o3)c2)cc1. The largest absolute Gasteiger partial charge is 0.416 e. The lowest BCUT2D eigenvalue weighted by molar-refractivity contribution is 0.584. The number of nitrogens with one attached hydrogen (secondary N) is 2. The molecule has 1 aromatic heterocycles. The Kier molecular flexibility index (Phi) is 6.94. The molecule has 0 aliphatic carbocycles.